The second-order valence-corrected chi connectivity index (χ2v) is 9.32. The number of hydrogen-bond acceptors (Lipinski definition) is 8. The van der Waals surface area contributed by atoms with Gasteiger partial charge < -0.3 is 14.8 Å². The molecule has 0 aromatic carbocycles. The van der Waals surface area contributed by atoms with E-state index < -0.39 is 0 Å². The van der Waals surface area contributed by atoms with Crippen molar-refractivity contribution in [1.82, 2.24) is 29.2 Å². The smallest absolute Gasteiger partial charge is 0.324 e. The highest BCUT2D eigenvalue weighted by molar-refractivity contribution is 7.99. The standard InChI is InChI=1S/C18H22N8OS2/c1-2-28-16-22-15(29-24-16)23-17(27)26-9-6-18(26)5-3-8-25(10-18)14-12-4-7-19-13(12)20-11-21-14/h4,7,11H,2-3,5-6,8-10H2,1H3,(H,19,20,21)(H,22,23,24,27). The summed E-state index contributed by atoms with van der Waals surface area (Å²) in [4.78, 5) is 33.6. The summed E-state index contributed by atoms with van der Waals surface area (Å²) in [5.74, 6) is 1.85. The van der Waals surface area contributed by atoms with Crippen molar-refractivity contribution in [3.8, 4) is 0 Å². The molecule has 2 fully saturated rings. The van der Waals surface area contributed by atoms with Crippen LogP contribution in [0.2, 0.25) is 0 Å². The molecule has 1 spiro atoms. The van der Waals surface area contributed by atoms with Crippen molar-refractivity contribution in [3.63, 3.8) is 0 Å². The van der Waals surface area contributed by atoms with Gasteiger partial charge in [-0.15, -0.1) is 0 Å². The third-order valence-corrected chi connectivity index (χ3v) is 7.18. The number of carbonyl (C=O) groups excluding carboxylic acids is 1. The normalized spacial score (nSPS) is 21.6. The van der Waals surface area contributed by atoms with Crippen LogP contribution >= 0.6 is 23.3 Å². The summed E-state index contributed by atoms with van der Waals surface area (Å²) in [7, 11) is 0. The fraction of sp³-hybridized carbons (Fsp3) is 0.500. The largest absolute Gasteiger partial charge is 0.354 e. The Morgan fingerprint density at radius 2 is 2.31 bits per heavy atom. The van der Waals surface area contributed by atoms with E-state index in [1.54, 1.807) is 18.1 Å². The van der Waals surface area contributed by atoms with E-state index in [-0.39, 0.29) is 11.6 Å². The van der Waals surface area contributed by atoms with Crippen molar-refractivity contribution in [2.75, 3.05) is 35.6 Å². The fourth-order valence-electron chi connectivity index (χ4n) is 4.29. The van der Waals surface area contributed by atoms with Crippen molar-refractivity contribution < 1.29 is 4.79 Å². The number of nitrogens with one attached hydrogen (secondary N) is 2. The zero-order chi connectivity index (χ0) is 19.8. The van der Waals surface area contributed by atoms with E-state index in [1.165, 1.54) is 11.5 Å². The highest BCUT2D eigenvalue weighted by Gasteiger charge is 2.50. The molecule has 29 heavy (non-hydrogen) atoms. The number of thioether (sulfide) groups is 1. The molecule has 0 aliphatic carbocycles. The van der Waals surface area contributed by atoms with Gasteiger partial charge in [-0.2, -0.15) is 9.36 Å². The van der Waals surface area contributed by atoms with Crippen LogP contribution in [-0.4, -0.2) is 66.2 Å². The average Bonchev–Trinajstić information content (AvgIpc) is 3.36. The van der Waals surface area contributed by atoms with Gasteiger partial charge in [0.15, 0.2) is 0 Å². The Hall–Kier alpha value is -2.40. The van der Waals surface area contributed by atoms with Crippen LogP contribution in [0.25, 0.3) is 11.0 Å². The second-order valence-electron chi connectivity index (χ2n) is 7.33. The first-order chi connectivity index (χ1) is 14.2. The number of amides is 2. The van der Waals surface area contributed by atoms with E-state index in [0.717, 1.165) is 61.5 Å². The minimum atomic E-state index is -0.151. The molecule has 2 saturated heterocycles. The number of aromatic amines is 1. The van der Waals surface area contributed by atoms with Gasteiger partial charge in [-0.3, -0.25) is 5.32 Å². The van der Waals surface area contributed by atoms with Crippen molar-refractivity contribution >= 4 is 51.3 Å². The Bertz CT molecular complexity index is 1040. The van der Waals surface area contributed by atoms with Gasteiger partial charge in [0.05, 0.1) is 10.9 Å². The molecule has 152 valence electrons. The molecule has 3 aromatic heterocycles. The monoisotopic (exact) mass is 430 g/mol. The minimum Gasteiger partial charge on any atom is -0.354 e. The zero-order valence-electron chi connectivity index (χ0n) is 16.1. The van der Waals surface area contributed by atoms with Gasteiger partial charge in [0.2, 0.25) is 10.3 Å². The van der Waals surface area contributed by atoms with Crippen LogP contribution in [0.15, 0.2) is 23.7 Å². The lowest BCUT2D eigenvalue weighted by Gasteiger charge is -2.56. The maximum absolute atomic E-state index is 12.9. The molecule has 2 aliphatic heterocycles. The maximum atomic E-state index is 12.9. The van der Waals surface area contributed by atoms with Gasteiger partial charge in [-0.1, -0.05) is 18.7 Å². The SMILES string of the molecule is CCSc1nsc(NC(=O)N2CCC23CCCN(c2ncnc4[nH]ccc24)C3)n1. The lowest BCUT2D eigenvalue weighted by Crippen LogP contribution is -2.69. The van der Waals surface area contributed by atoms with E-state index in [2.05, 4.69) is 41.4 Å². The minimum absolute atomic E-state index is 0.0863. The van der Waals surface area contributed by atoms with Gasteiger partial charge in [0, 0.05) is 37.4 Å². The van der Waals surface area contributed by atoms with Crippen molar-refractivity contribution in [1.29, 1.82) is 0 Å². The number of H-pyrrole nitrogens is 1. The Labute approximate surface area is 176 Å². The summed E-state index contributed by atoms with van der Waals surface area (Å²) in [5.41, 5.74) is 0.691. The first-order valence-electron chi connectivity index (χ1n) is 9.77. The first kappa shape index (κ1) is 18.6. The molecular formula is C18H22N8OS2. The number of anilines is 2. The Kier molecular flexibility index (Phi) is 4.78. The zero-order valence-corrected chi connectivity index (χ0v) is 17.7. The van der Waals surface area contributed by atoms with Gasteiger partial charge >= 0.3 is 6.03 Å². The molecule has 9 nitrogen and oxygen atoms in total. The molecular weight excluding hydrogens is 408 g/mol. The second kappa shape index (κ2) is 7.45. The van der Waals surface area contributed by atoms with Gasteiger partial charge in [-0.05, 0) is 31.1 Å². The van der Waals surface area contributed by atoms with Crippen LogP contribution in [0.5, 0.6) is 0 Å². The molecule has 5 rings (SSSR count). The molecule has 0 bridgehead atoms. The first-order valence-corrected chi connectivity index (χ1v) is 11.5. The van der Waals surface area contributed by atoms with Crippen LogP contribution in [0, 0.1) is 0 Å². The number of rotatable bonds is 4. The molecule has 5 heterocycles. The number of piperidine rings is 1. The summed E-state index contributed by atoms with van der Waals surface area (Å²) in [5, 5.41) is 5.24. The van der Waals surface area contributed by atoms with Gasteiger partial charge in [-0.25, -0.2) is 14.8 Å². The topological polar surface area (TPSA) is 103 Å². The van der Waals surface area contributed by atoms with Gasteiger partial charge in [0.1, 0.15) is 17.8 Å². The van der Waals surface area contributed by atoms with E-state index in [9.17, 15) is 4.79 Å². The summed E-state index contributed by atoms with van der Waals surface area (Å²) < 4.78 is 4.28. The predicted molar refractivity (Wildman–Crippen MR) is 115 cm³/mol. The van der Waals surface area contributed by atoms with Crippen LogP contribution in [0.4, 0.5) is 15.7 Å². The Morgan fingerprint density at radius 1 is 1.38 bits per heavy atom. The van der Waals surface area contributed by atoms with Crippen LogP contribution < -0.4 is 10.2 Å². The number of aromatic nitrogens is 5. The Balaban J connectivity index is 1.32. The molecule has 11 heteroatoms. The molecule has 1 unspecified atom stereocenters. The van der Waals surface area contributed by atoms with Gasteiger partial charge in [0.25, 0.3) is 0 Å². The lowest BCUT2D eigenvalue weighted by atomic mass is 9.78. The molecule has 1 atom stereocenters. The summed E-state index contributed by atoms with van der Waals surface area (Å²) >= 11 is 2.81. The number of carbonyl (C=O) groups is 1. The van der Waals surface area contributed by atoms with Crippen molar-refractivity contribution in [3.05, 3.63) is 18.6 Å². The average molecular weight is 431 g/mol. The van der Waals surface area contributed by atoms with E-state index in [4.69, 9.17) is 0 Å². The van der Waals surface area contributed by atoms with Crippen molar-refractivity contribution in [2.24, 2.45) is 0 Å². The number of hydrogen-bond donors (Lipinski definition) is 2. The van der Waals surface area contributed by atoms with E-state index in [1.807, 2.05) is 17.2 Å². The molecule has 0 radical (unpaired) electrons. The van der Waals surface area contributed by atoms with Crippen LogP contribution in [0.3, 0.4) is 0 Å². The number of urea groups is 1. The van der Waals surface area contributed by atoms with E-state index >= 15 is 0 Å². The van der Waals surface area contributed by atoms with E-state index in [0.29, 0.717) is 10.3 Å². The predicted octanol–water partition coefficient (Wildman–Crippen LogP) is 3.20. The lowest BCUT2D eigenvalue weighted by molar-refractivity contribution is 0.0183. The molecule has 2 amide bonds. The summed E-state index contributed by atoms with van der Waals surface area (Å²) in [6.07, 6.45) is 6.52. The van der Waals surface area contributed by atoms with Crippen LogP contribution in [-0.2, 0) is 0 Å². The number of likely N-dealkylation sites (tertiary alicyclic amines) is 1. The number of fused-ring (bicyclic) bond motifs is 1. The van der Waals surface area contributed by atoms with Crippen LogP contribution in [0.1, 0.15) is 26.2 Å². The molecule has 3 aromatic rings. The quantitative estimate of drug-likeness (QED) is 0.613. The maximum Gasteiger partial charge on any atom is 0.324 e. The third kappa shape index (κ3) is 3.31. The number of nitrogens with zero attached hydrogens (tertiary/aromatic N) is 6. The summed E-state index contributed by atoms with van der Waals surface area (Å²) in [6, 6.07) is 1.93. The highest BCUT2D eigenvalue weighted by Crippen LogP contribution is 2.41. The molecule has 2 N–H and O–H groups in total. The third-order valence-electron chi connectivity index (χ3n) is 5.70. The fourth-order valence-corrected chi connectivity index (χ4v) is 5.55. The molecule has 0 saturated carbocycles. The molecule has 2 aliphatic rings. The summed E-state index contributed by atoms with van der Waals surface area (Å²) in [6.45, 7) is 4.53. The van der Waals surface area contributed by atoms with Crippen molar-refractivity contribution in [2.45, 2.75) is 36.9 Å². The highest BCUT2D eigenvalue weighted by atomic mass is 32.2. The Morgan fingerprint density at radius 3 is 3.14 bits per heavy atom.